The molecule has 2 aliphatic rings. The molecule has 1 aliphatic heterocycles. The monoisotopic (exact) mass is 163 g/mol. The molecule has 0 fully saturated rings. The van der Waals surface area contributed by atoms with Crippen LogP contribution in [-0.2, 0) is 9.47 Å². The highest BCUT2D eigenvalue weighted by atomic mass is 16.7. The first-order chi connectivity index (χ1) is 5.87. The van der Waals surface area contributed by atoms with E-state index in [1.54, 1.807) is 13.4 Å². The van der Waals surface area contributed by atoms with Crippen molar-refractivity contribution in [2.45, 2.75) is 12.2 Å². The second kappa shape index (κ2) is 2.79. The fraction of sp³-hybridized carbons (Fsp3) is 0.300. The highest BCUT2D eigenvalue weighted by molar-refractivity contribution is 5.39. The standard InChI is InChI=1S/C10H11O2/c1-11-10(7-4-8-12-10)9-5-2-3-6-9/h2-6,8H,7H2,1H3. The molecule has 12 heavy (non-hydrogen) atoms. The van der Waals surface area contributed by atoms with Gasteiger partial charge in [-0.25, -0.2) is 0 Å². The van der Waals surface area contributed by atoms with Gasteiger partial charge < -0.3 is 9.47 Å². The van der Waals surface area contributed by atoms with Crippen molar-refractivity contribution in [3.63, 3.8) is 0 Å². The summed E-state index contributed by atoms with van der Waals surface area (Å²) in [5.41, 5.74) is 1.08. The van der Waals surface area contributed by atoms with Gasteiger partial charge in [0.1, 0.15) is 0 Å². The Morgan fingerprint density at radius 2 is 2.50 bits per heavy atom. The zero-order valence-corrected chi connectivity index (χ0v) is 6.99. The SMILES string of the molecule is COC1(C2=C[CH]C=C2)CC=CO1. The van der Waals surface area contributed by atoms with E-state index in [4.69, 9.17) is 9.47 Å². The van der Waals surface area contributed by atoms with Crippen LogP contribution < -0.4 is 0 Å². The Bertz CT molecular complexity index is 253. The third kappa shape index (κ3) is 0.994. The van der Waals surface area contributed by atoms with Gasteiger partial charge in [-0.05, 0) is 6.08 Å². The summed E-state index contributed by atoms with van der Waals surface area (Å²) in [5.74, 6) is -0.552. The first kappa shape index (κ1) is 7.62. The van der Waals surface area contributed by atoms with E-state index in [1.807, 2.05) is 30.7 Å². The van der Waals surface area contributed by atoms with E-state index in [0.29, 0.717) is 0 Å². The zero-order valence-electron chi connectivity index (χ0n) is 6.99. The molecule has 0 spiro atoms. The molecule has 1 heterocycles. The van der Waals surface area contributed by atoms with E-state index < -0.39 is 5.79 Å². The minimum absolute atomic E-state index is 0.552. The van der Waals surface area contributed by atoms with Crippen LogP contribution in [0.4, 0.5) is 0 Å². The molecule has 1 atom stereocenters. The van der Waals surface area contributed by atoms with Gasteiger partial charge in [-0.2, -0.15) is 0 Å². The Morgan fingerprint density at radius 1 is 1.58 bits per heavy atom. The quantitative estimate of drug-likeness (QED) is 0.619. The summed E-state index contributed by atoms with van der Waals surface area (Å²) in [7, 11) is 1.67. The van der Waals surface area contributed by atoms with E-state index in [1.165, 1.54) is 0 Å². The lowest BCUT2D eigenvalue weighted by Crippen LogP contribution is -2.31. The lowest BCUT2D eigenvalue weighted by atomic mass is 10.1. The molecule has 0 amide bonds. The van der Waals surface area contributed by atoms with Crippen molar-refractivity contribution >= 4 is 0 Å². The van der Waals surface area contributed by atoms with Gasteiger partial charge in [-0.15, -0.1) is 0 Å². The van der Waals surface area contributed by atoms with Gasteiger partial charge in [0.2, 0.25) is 5.79 Å². The van der Waals surface area contributed by atoms with Gasteiger partial charge in [0.15, 0.2) is 0 Å². The van der Waals surface area contributed by atoms with Gasteiger partial charge >= 0.3 is 0 Å². The number of allylic oxidation sites excluding steroid dienone is 2. The minimum atomic E-state index is -0.552. The van der Waals surface area contributed by atoms with Gasteiger partial charge in [0.05, 0.1) is 6.26 Å². The van der Waals surface area contributed by atoms with Crippen molar-refractivity contribution in [2.75, 3.05) is 7.11 Å². The van der Waals surface area contributed by atoms with Gasteiger partial charge in [-0.3, -0.25) is 0 Å². The summed E-state index contributed by atoms with van der Waals surface area (Å²) in [6, 6.07) is 0. The maximum absolute atomic E-state index is 5.43. The first-order valence-electron chi connectivity index (χ1n) is 3.97. The molecule has 1 aliphatic carbocycles. The van der Waals surface area contributed by atoms with Crippen molar-refractivity contribution in [1.82, 2.24) is 0 Å². The summed E-state index contributed by atoms with van der Waals surface area (Å²) in [5, 5.41) is 0. The summed E-state index contributed by atoms with van der Waals surface area (Å²) < 4.78 is 10.8. The van der Waals surface area contributed by atoms with Crippen LogP contribution in [-0.4, -0.2) is 12.9 Å². The highest BCUT2D eigenvalue weighted by Crippen LogP contribution is 2.34. The van der Waals surface area contributed by atoms with E-state index in [9.17, 15) is 0 Å². The van der Waals surface area contributed by atoms with Crippen molar-refractivity contribution < 1.29 is 9.47 Å². The Labute approximate surface area is 72.2 Å². The van der Waals surface area contributed by atoms with E-state index in [-0.39, 0.29) is 0 Å². The molecule has 0 aromatic carbocycles. The van der Waals surface area contributed by atoms with Gasteiger partial charge in [0.25, 0.3) is 0 Å². The average Bonchev–Trinajstić information content (AvgIpc) is 2.76. The first-order valence-corrected chi connectivity index (χ1v) is 3.97. The Hall–Kier alpha value is -1.02. The second-order valence-corrected chi connectivity index (χ2v) is 2.82. The highest BCUT2D eigenvalue weighted by Gasteiger charge is 2.36. The molecule has 0 saturated carbocycles. The van der Waals surface area contributed by atoms with Crippen LogP contribution in [0.3, 0.4) is 0 Å². The van der Waals surface area contributed by atoms with Crippen molar-refractivity contribution in [2.24, 2.45) is 0 Å². The van der Waals surface area contributed by atoms with Crippen molar-refractivity contribution in [3.05, 3.63) is 42.6 Å². The molecular formula is C10H11O2. The largest absolute Gasteiger partial charge is 0.466 e. The number of hydrogen-bond acceptors (Lipinski definition) is 2. The molecule has 0 saturated heterocycles. The summed E-state index contributed by atoms with van der Waals surface area (Å²) in [4.78, 5) is 0. The Balaban J connectivity index is 2.22. The maximum atomic E-state index is 5.43. The Kier molecular flexibility index (Phi) is 1.77. The van der Waals surface area contributed by atoms with Crippen molar-refractivity contribution in [3.8, 4) is 0 Å². The number of hydrogen-bond donors (Lipinski definition) is 0. The molecule has 0 aromatic rings. The zero-order chi connectivity index (χ0) is 8.44. The molecule has 1 radical (unpaired) electrons. The molecule has 2 rings (SSSR count). The number of ether oxygens (including phenoxy) is 2. The van der Waals surface area contributed by atoms with Crippen LogP contribution in [0.1, 0.15) is 6.42 Å². The summed E-state index contributed by atoms with van der Waals surface area (Å²) >= 11 is 0. The average molecular weight is 163 g/mol. The second-order valence-electron chi connectivity index (χ2n) is 2.82. The number of rotatable bonds is 2. The predicted molar refractivity (Wildman–Crippen MR) is 46.1 cm³/mol. The molecular weight excluding hydrogens is 152 g/mol. The van der Waals surface area contributed by atoms with Crippen molar-refractivity contribution in [1.29, 1.82) is 0 Å². The lowest BCUT2D eigenvalue weighted by molar-refractivity contribution is -0.143. The lowest BCUT2D eigenvalue weighted by Gasteiger charge is -2.27. The van der Waals surface area contributed by atoms with Crippen LogP contribution in [0.15, 0.2) is 36.1 Å². The third-order valence-electron chi connectivity index (χ3n) is 2.17. The topological polar surface area (TPSA) is 18.5 Å². The summed E-state index contributed by atoms with van der Waals surface area (Å²) in [6.45, 7) is 0. The van der Waals surface area contributed by atoms with E-state index in [0.717, 1.165) is 12.0 Å². The van der Waals surface area contributed by atoms with Crippen LogP contribution in [0.2, 0.25) is 0 Å². The molecule has 1 unspecified atom stereocenters. The maximum Gasteiger partial charge on any atom is 0.239 e. The van der Waals surface area contributed by atoms with Gasteiger partial charge in [0, 0.05) is 25.5 Å². The molecule has 2 heteroatoms. The fourth-order valence-electron chi connectivity index (χ4n) is 1.47. The van der Waals surface area contributed by atoms with Crippen LogP contribution in [0.5, 0.6) is 0 Å². The van der Waals surface area contributed by atoms with E-state index in [2.05, 4.69) is 0 Å². The smallest absolute Gasteiger partial charge is 0.239 e. The third-order valence-corrected chi connectivity index (χ3v) is 2.17. The molecule has 0 bridgehead atoms. The van der Waals surface area contributed by atoms with Crippen LogP contribution >= 0.6 is 0 Å². The number of methoxy groups -OCH3 is 1. The Morgan fingerprint density at radius 3 is 3.00 bits per heavy atom. The summed E-state index contributed by atoms with van der Waals surface area (Å²) in [6.07, 6.45) is 12.4. The normalized spacial score (nSPS) is 32.2. The van der Waals surface area contributed by atoms with E-state index >= 15 is 0 Å². The molecule has 0 N–H and O–H groups in total. The molecule has 2 nitrogen and oxygen atoms in total. The van der Waals surface area contributed by atoms with Crippen LogP contribution in [0, 0.1) is 6.42 Å². The minimum Gasteiger partial charge on any atom is -0.466 e. The van der Waals surface area contributed by atoms with Crippen LogP contribution in [0.25, 0.3) is 0 Å². The molecule has 0 aromatic heterocycles. The fourth-order valence-corrected chi connectivity index (χ4v) is 1.47. The molecule has 63 valence electrons. The predicted octanol–water partition coefficient (Wildman–Crippen LogP) is 1.96. The van der Waals surface area contributed by atoms with Gasteiger partial charge in [-0.1, -0.05) is 18.2 Å².